The highest BCUT2D eigenvalue weighted by Crippen LogP contribution is 2.34. The molecule has 7 heteroatoms. The summed E-state index contributed by atoms with van der Waals surface area (Å²) < 4.78 is 39.0. The second-order valence-electron chi connectivity index (χ2n) is 5.17. The molecule has 112 valence electrons. The molecule has 0 aliphatic rings. The van der Waals surface area contributed by atoms with E-state index in [4.69, 9.17) is 11.6 Å². The maximum absolute atomic E-state index is 12.9. The predicted molar refractivity (Wildman–Crippen MR) is 76.0 cm³/mol. The lowest BCUT2D eigenvalue weighted by molar-refractivity contribution is -0.138. The molecular weight excluding hydrogens is 358 g/mol. The molecule has 0 atom stereocenters. The third kappa shape index (κ3) is 4.66. The van der Waals surface area contributed by atoms with Crippen molar-refractivity contribution < 1.29 is 18.0 Å². The number of halogens is 5. The molecule has 1 rings (SSSR count). The molecule has 1 N–H and O–H groups in total. The van der Waals surface area contributed by atoms with E-state index in [-0.39, 0.29) is 16.4 Å². The van der Waals surface area contributed by atoms with Crippen LogP contribution in [0.1, 0.15) is 29.8 Å². The normalized spacial score (nSPS) is 12.3. The molecule has 0 aliphatic heterocycles. The molecule has 0 saturated carbocycles. The van der Waals surface area contributed by atoms with E-state index in [0.29, 0.717) is 5.88 Å². The van der Waals surface area contributed by atoms with E-state index in [1.54, 1.807) is 0 Å². The number of hydrogen-bond donors (Lipinski definition) is 1. The van der Waals surface area contributed by atoms with Gasteiger partial charge in [-0.3, -0.25) is 4.79 Å². The van der Waals surface area contributed by atoms with Gasteiger partial charge in [-0.25, -0.2) is 0 Å². The number of rotatable bonds is 4. The fourth-order valence-corrected chi connectivity index (χ4v) is 1.87. The van der Waals surface area contributed by atoms with Gasteiger partial charge in [-0.2, -0.15) is 13.2 Å². The maximum Gasteiger partial charge on any atom is 0.417 e. The summed E-state index contributed by atoms with van der Waals surface area (Å²) in [4.78, 5) is 11.9. The van der Waals surface area contributed by atoms with Crippen LogP contribution in [-0.2, 0) is 6.18 Å². The van der Waals surface area contributed by atoms with Gasteiger partial charge in [0, 0.05) is 16.9 Å². The average molecular weight is 373 g/mol. The van der Waals surface area contributed by atoms with Gasteiger partial charge >= 0.3 is 6.18 Å². The van der Waals surface area contributed by atoms with Crippen LogP contribution < -0.4 is 5.32 Å². The summed E-state index contributed by atoms with van der Waals surface area (Å²) in [6, 6.07) is 3.44. The third-order valence-corrected chi connectivity index (χ3v) is 3.84. The van der Waals surface area contributed by atoms with E-state index in [1.807, 2.05) is 13.8 Å². The van der Waals surface area contributed by atoms with Crippen LogP contribution in [0.25, 0.3) is 0 Å². The van der Waals surface area contributed by atoms with Gasteiger partial charge in [-0.15, -0.1) is 11.6 Å². The summed E-state index contributed by atoms with van der Waals surface area (Å²) >= 11 is 8.68. The zero-order valence-corrected chi connectivity index (χ0v) is 13.3. The number of alkyl halides is 4. The number of hydrogen-bond acceptors (Lipinski definition) is 1. The molecule has 0 bridgehead atoms. The van der Waals surface area contributed by atoms with E-state index in [9.17, 15) is 18.0 Å². The summed E-state index contributed by atoms with van der Waals surface area (Å²) in [6.07, 6.45) is -4.58. The van der Waals surface area contributed by atoms with Crippen molar-refractivity contribution in [3.05, 3.63) is 33.8 Å². The molecular formula is C13H14BrClF3NO. The van der Waals surface area contributed by atoms with Gasteiger partial charge in [-0.1, -0.05) is 29.8 Å². The summed E-state index contributed by atoms with van der Waals surface area (Å²) in [7, 11) is 0. The zero-order chi connectivity index (χ0) is 15.6. The van der Waals surface area contributed by atoms with Gasteiger partial charge in [0.05, 0.1) is 11.1 Å². The quantitative estimate of drug-likeness (QED) is 0.777. The van der Waals surface area contributed by atoms with Crippen LogP contribution >= 0.6 is 27.5 Å². The first-order valence-electron chi connectivity index (χ1n) is 5.78. The van der Waals surface area contributed by atoms with Gasteiger partial charge in [-0.05, 0) is 23.6 Å². The van der Waals surface area contributed by atoms with Gasteiger partial charge in [0.2, 0.25) is 0 Å². The fraction of sp³-hybridized carbons (Fsp3) is 0.462. The largest absolute Gasteiger partial charge is 0.417 e. The topological polar surface area (TPSA) is 29.1 Å². The lowest BCUT2D eigenvalue weighted by atomic mass is 9.96. The van der Waals surface area contributed by atoms with E-state index in [2.05, 4.69) is 21.2 Å². The molecule has 20 heavy (non-hydrogen) atoms. The minimum absolute atomic E-state index is 0.197. The van der Waals surface area contributed by atoms with Crippen molar-refractivity contribution in [2.75, 3.05) is 12.4 Å². The van der Waals surface area contributed by atoms with Crippen molar-refractivity contribution in [2.45, 2.75) is 20.0 Å². The lowest BCUT2D eigenvalue weighted by Crippen LogP contribution is -2.35. The van der Waals surface area contributed by atoms with E-state index >= 15 is 0 Å². The number of benzene rings is 1. The number of carbonyl (C=O) groups is 1. The molecule has 1 aromatic rings. The SMILES string of the molecule is CC(C)(CCl)CNC(=O)c1ccc(Br)cc1C(F)(F)F. The molecule has 0 radical (unpaired) electrons. The van der Waals surface area contributed by atoms with Gasteiger partial charge < -0.3 is 5.32 Å². The van der Waals surface area contributed by atoms with Gasteiger partial charge in [0.15, 0.2) is 0 Å². The molecule has 0 saturated heterocycles. The Bertz CT molecular complexity index is 503. The lowest BCUT2D eigenvalue weighted by Gasteiger charge is -2.22. The molecule has 1 aromatic carbocycles. The zero-order valence-electron chi connectivity index (χ0n) is 10.9. The Hall–Kier alpha value is -0.750. The standard InChI is InChI=1S/C13H14BrClF3NO/c1-12(2,6-15)7-19-11(20)9-4-3-8(14)5-10(9)13(16,17)18/h3-5H,6-7H2,1-2H3,(H,19,20). The van der Waals surface area contributed by atoms with Crippen LogP contribution in [0.3, 0.4) is 0 Å². The highest BCUT2D eigenvalue weighted by Gasteiger charge is 2.35. The van der Waals surface area contributed by atoms with Crippen LogP contribution in [-0.4, -0.2) is 18.3 Å². The smallest absolute Gasteiger partial charge is 0.351 e. The first kappa shape index (κ1) is 17.3. The van der Waals surface area contributed by atoms with Crippen LogP contribution in [0.5, 0.6) is 0 Å². The molecule has 0 aliphatic carbocycles. The number of carbonyl (C=O) groups excluding carboxylic acids is 1. The third-order valence-electron chi connectivity index (χ3n) is 2.62. The van der Waals surface area contributed by atoms with E-state index < -0.39 is 23.2 Å². The van der Waals surface area contributed by atoms with Crippen molar-refractivity contribution in [1.82, 2.24) is 5.32 Å². The maximum atomic E-state index is 12.9. The molecule has 0 fully saturated rings. The Morgan fingerprint density at radius 1 is 1.35 bits per heavy atom. The molecule has 0 heterocycles. The number of nitrogens with one attached hydrogen (secondary N) is 1. The van der Waals surface area contributed by atoms with Crippen molar-refractivity contribution in [1.29, 1.82) is 0 Å². The Morgan fingerprint density at radius 2 is 1.95 bits per heavy atom. The van der Waals surface area contributed by atoms with Gasteiger partial charge in [0.1, 0.15) is 0 Å². The fourth-order valence-electron chi connectivity index (χ4n) is 1.41. The highest BCUT2D eigenvalue weighted by molar-refractivity contribution is 9.10. The minimum atomic E-state index is -4.58. The molecule has 0 unspecified atom stereocenters. The Balaban J connectivity index is 2.99. The monoisotopic (exact) mass is 371 g/mol. The summed E-state index contributed by atoms with van der Waals surface area (Å²) in [5.41, 5.74) is -1.75. The van der Waals surface area contributed by atoms with Gasteiger partial charge in [0.25, 0.3) is 5.91 Å². The Kier molecular flexibility index (Phi) is 5.49. The van der Waals surface area contributed by atoms with Crippen LogP contribution in [0.2, 0.25) is 0 Å². The summed E-state index contributed by atoms with van der Waals surface area (Å²) in [5, 5.41) is 2.48. The molecule has 2 nitrogen and oxygen atoms in total. The number of amides is 1. The minimum Gasteiger partial charge on any atom is -0.351 e. The van der Waals surface area contributed by atoms with Crippen LogP contribution in [0.15, 0.2) is 22.7 Å². The molecule has 0 spiro atoms. The predicted octanol–water partition coefficient (Wildman–Crippen LogP) is 4.46. The van der Waals surface area contributed by atoms with E-state index in [0.717, 1.165) is 12.1 Å². The summed E-state index contributed by atoms with van der Waals surface area (Å²) in [6.45, 7) is 3.82. The second kappa shape index (κ2) is 6.35. The van der Waals surface area contributed by atoms with Crippen molar-refractivity contribution in [3.8, 4) is 0 Å². The van der Waals surface area contributed by atoms with Crippen molar-refractivity contribution in [3.63, 3.8) is 0 Å². The average Bonchev–Trinajstić information content (AvgIpc) is 2.35. The second-order valence-corrected chi connectivity index (χ2v) is 6.35. The van der Waals surface area contributed by atoms with Crippen molar-refractivity contribution in [2.24, 2.45) is 5.41 Å². The van der Waals surface area contributed by atoms with Crippen LogP contribution in [0.4, 0.5) is 13.2 Å². The highest BCUT2D eigenvalue weighted by atomic mass is 79.9. The summed E-state index contributed by atoms with van der Waals surface area (Å²) in [5.74, 6) is -0.470. The first-order chi connectivity index (χ1) is 9.07. The molecule has 1 amide bonds. The van der Waals surface area contributed by atoms with Crippen molar-refractivity contribution >= 4 is 33.4 Å². The first-order valence-corrected chi connectivity index (χ1v) is 7.10. The Labute approximate surface area is 128 Å². The van der Waals surface area contributed by atoms with Crippen LogP contribution in [0, 0.1) is 5.41 Å². The molecule has 0 aromatic heterocycles. The Morgan fingerprint density at radius 3 is 2.45 bits per heavy atom. The van der Waals surface area contributed by atoms with E-state index in [1.165, 1.54) is 6.07 Å².